The molecule has 0 aliphatic carbocycles. The van der Waals surface area contributed by atoms with E-state index in [9.17, 15) is 24.3 Å². The number of unbranched alkanes of at least 4 members (excludes halogenated alkanes) is 1. The second-order valence-corrected chi connectivity index (χ2v) is 9.57. The van der Waals surface area contributed by atoms with Crippen molar-refractivity contribution in [2.75, 3.05) is 19.6 Å². The SMILES string of the molecule is CCCCC(NC(=O)N1C(=O)C(CC)(CC)C1Oc1ccc(C(=O)N2CCNCC2C)cc1)C(=O)O. The maximum absolute atomic E-state index is 13.1. The summed E-state index contributed by atoms with van der Waals surface area (Å²) < 4.78 is 6.14. The van der Waals surface area contributed by atoms with E-state index in [0.717, 1.165) is 24.4 Å². The first-order valence-electron chi connectivity index (χ1n) is 12.9. The highest BCUT2D eigenvalue weighted by Gasteiger charge is 2.63. The normalized spacial score (nSPS) is 21.9. The molecular weight excluding hydrogens is 464 g/mol. The van der Waals surface area contributed by atoms with Gasteiger partial charge >= 0.3 is 12.0 Å². The van der Waals surface area contributed by atoms with Crippen LogP contribution in [-0.2, 0) is 9.59 Å². The number of carbonyl (C=O) groups excluding carboxylic acids is 3. The van der Waals surface area contributed by atoms with Gasteiger partial charge in [-0.1, -0.05) is 33.6 Å². The minimum absolute atomic E-state index is 0.0568. The lowest BCUT2D eigenvalue weighted by molar-refractivity contribution is -0.191. The van der Waals surface area contributed by atoms with Gasteiger partial charge in [-0.2, -0.15) is 0 Å². The van der Waals surface area contributed by atoms with Crippen molar-refractivity contribution in [3.63, 3.8) is 0 Å². The van der Waals surface area contributed by atoms with Gasteiger partial charge in [0.15, 0.2) is 6.23 Å². The van der Waals surface area contributed by atoms with Crippen LogP contribution in [0.25, 0.3) is 0 Å². The first-order chi connectivity index (χ1) is 17.2. The Morgan fingerprint density at radius 1 is 1.19 bits per heavy atom. The van der Waals surface area contributed by atoms with Crippen LogP contribution in [0.4, 0.5) is 4.79 Å². The lowest BCUT2D eigenvalue weighted by Gasteiger charge is -2.53. The van der Waals surface area contributed by atoms with Gasteiger partial charge in [-0.15, -0.1) is 0 Å². The number of imide groups is 1. The zero-order chi connectivity index (χ0) is 26.5. The molecule has 2 saturated heterocycles. The molecule has 10 heteroatoms. The number of carboxylic acid groups (broad SMARTS) is 1. The summed E-state index contributed by atoms with van der Waals surface area (Å²) in [7, 11) is 0. The summed E-state index contributed by atoms with van der Waals surface area (Å²) in [5, 5.41) is 15.2. The highest BCUT2D eigenvalue weighted by Crippen LogP contribution is 2.46. The Kier molecular flexibility index (Phi) is 8.94. The van der Waals surface area contributed by atoms with E-state index in [4.69, 9.17) is 4.74 Å². The molecule has 3 N–H and O–H groups in total. The number of ether oxygens (including phenoxy) is 1. The van der Waals surface area contributed by atoms with Crippen molar-refractivity contribution in [1.82, 2.24) is 20.4 Å². The molecule has 0 spiro atoms. The quantitative estimate of drug-likeness (QED) is 0.420. The van der Waals surface area contributed by atoms with Crippen molar-refractivity contribution < 1.29 is 29.0 Å². The Hall–Kier alpha value is -3.14. The third-order valence-corrected chi connectivity index (χ3v) is 7.39. The van der Waals surface area contributed by atoms with Crippen LogP contribution < -0.4 is 15.4 Å². The first-order valence-corrected chi connectivity index (χ1v) is 12.9. The number of likely N-dealkylation sites (tertiary alicyclic amines) is 1. The van der Waals surface area contributed by atoms with Crippen molar-refractivity contribution in [3.05, 3.63) is 29.8 Å². The van der Waals surface area contributed by atoms with Gasteiger partial charge in [0.1, 0.15) is 17.2 Å². The number of nitrogens with zero attached hydrogens (tertiary/aromatic N) is 2. The Balaban J connectivity index is 1.76. The van der Waals surface area contributed by atoms with Gasteiger partial charge in [0.05, 0.1) is 0 Å². The lowest BCUT2D eigenvalue weighted by atomic mass is 9.72. The molecule has 0 radical (unpaired) electrons. The molecule has 10 nitrogen and oxygen atoms in total. The van der Waals surface area contributed by atoms with Crippen molar-refractivity contribution >= 4 is 23.8 Å². The minimum atomic E-state index is -1.14. The number of piperazine rings is 1. The Morgan fingerprint density at radius 3 is 2.42 bits per heavy atom. The molecule has 2 aliphatic rings. The molecule has 2 heterocycles. The van der Waals surface area contributed by atoms with E-state index < -0.39 is 29.7 Å². The number of urea groups is 1. The highest BCUT2D eigenvalue weighted by molar-refractivity contribution is 6.04. The van der Waals surface area contributed by atoms with Crippen LogP contribution in [0.2, 0.25) is 0 Å². The third kappa shape index (κ3) is 5.33. The number of nitrogens with one attached hydrogen (secondary N) is 2. The largest absolute Gasteiger partial charge is 0.480 e. The van der Waals surface area contributed by atoms with E-state index in [1.165, 1.54) is 0 Å². The third-order valence-electron chi connectivity index (χ3n) is 7.39. The molecule has 1 aromatic carbocycles. The van der Waals surface area contributed by atoms with Gasteiger partial charge in [-0.3, -0.25) is 9.59 Å². The van der Waals surface area contributed by atoms with Gasteiger partial charge in [-0.05, 0) is 50.5 Å². The fourth-order valence-electron chi connectivity index (χ4n) is 4.90. The molecule has 4 amide bonds. The predicted octanol–water partition coefficient (Wildman–Crippen LogP) is 2.83. The summed E-state index contributed by atoms with van der Waals surface area (Å²) >= 11 is 0. The number of rotatable bonds is 10. The van der Waals surface area contributed by atoms with Gasteiger partial charge in [0, 0.05) is 31.2 Å². The molecule has 0 saturated carbocycles. The fraction of sp³-hybridized carbons (Fsp3) is 0.615. The van der Waals surface area contributed by atoms with Crippen LogP contribution in [-0.4, -0.2) is 76.7 Å². The molecular formula is C26H38N4O6. The van der Waals surface area contributed by atoms with E-state index in [1.54, 1.807) is 24.3 Å². The van der Waals surface area contributed by atoms with E-state index in [0.29, 0.717) is 37.1 Å². The van der Waals surface area contributed by atoms with Crippen molar-refractivity contribution in [2.45, 2.75) is 78.1 Å². The van der Waals surface area contributed by atoms with Crippen LogP contribution in [0.5, 0.6) is 5.75 Å². The molecule has 1 aromatic rings. The summed E-state index contributed by atoms with van der Waals surface area (Å²) in [5.41, 5.74) is -0.350. The second-order valence-electron chi connectivity index (χ2n) is 9.57. The average molecular weight is 503 g/mol. The van der Waals surface area contributed by atoms with Crippen LogP contribution in [0.3, 0.4) is 0 Å². The Morgan fingerprint density at radius 2 is 1.86 bits per heavy atom. The summed E-state index contributed by atoms with van der Waals surface area (Å²) in [6.07, 6.45) is 1.75. The molecule has 2 fully saturated rings. The molecule has 3 atom stereocenters. The van der Waals surface area contributed by atoms with Crippen molar-refractivity contribution in [1.29, 1.82) is 0 Å². The summed E-state index contributed by atoms with van der Waals surface area (Å²) in [4.78, 5) is 53.4. The molecule has 0 bridgehead atoms. The number of hydrogen-bond acceptors (Lipinski definition) is 6. The Labute approximate surface area is 212 Å². The molecule has 0 aromatic heterocycles. The molecule has 198 valence electrons. The molecule has 2 aliphatic heterocycles. The van der Waals surface area contributed by atoms with Gasteiger partial charge in [0.2, 0.25) is 5.91 Å². The van der Waals surface area contributed by atoms with Crippen LogP contribution in [0.1, 0.15) is 70.2 Å². The summed E-state index contributed by atoms with van der Waals surface area (Å²) in [6.45, 7) is 9.80. The number of amides is 4. The number of benzene rings is 1. The van der Waals surface area contributed by atoms with Crippen LogP contribution in [0.15, 0.2) is 24.3 Å². The zero-order valence-corrected chi connectivity index (χ0v) is 21.6. The van der Waals surface area contributed by atoms with Crippen LogP contribution in [0, 0.1) is 5.41 Å². The van der Waals surface area contributed by atoms with Gasteiger partial charge < -0.3 is 25.4 Å². The van der Waals surface area contributed by atoms with E-state index in [-0.39, 0.29) is 24.3 Å². The van der Waals surface area contributed by atoms with Gasteiger partial charge in [-0.25, -0.2) is 14.5 Å². The summed E-state index contributed by atoms with van der Waals surface area (Å²) in [5.74, 6) is -1.16. The average Bonchev–Trinajstić information content (AvgIpc) is 2.87. The maximum Gasteiger partial charge on any atom is 0.327 e. The second kappa shape index (κ2) is 11.7. The number of hydrogen-bond donors (Lipinski definition) is 3. The van der Waals surface area contributed by atoms with E-state index in [2.05, 4.69) is 10.6 Å². The number of aliphatic carboxylic acids is 1. The predicted molar refractivity (Wildman–Crippen MR) is 134 cm³/mol. The zero-order valence-electron chi connectivity index (χ0n) is 21.6. The maximum atomic E-state index is 13.1. The minimum Gasteiger partial charge on any atom is -0.480 e. The van der Waals surface area contributed by atoms with E-state index >= 15 is 0 Å². The smallest absolute Gasteiger partial charge is 0.327 e. The van der Waals surface area contributed by atoms with Crippen LogP contribution >= 0.6 is 0 Å². The Bertz CT molecular complexity index is 962. The molecule has 3 unspecified atom stereocenters. The standard InChI is InChI=1S/C26H38N4O6/c1-5-8-9-20(22(32)33)28-25(35)30-23(34)26(6-2,7-3)24(30)36-19-12-10-18(11-13-19)21(31)29-15-14-27-16-17(29)4/h10-13,17,20,24,27H,5-9,14-16H2,1-4H3,(H,28,35)(H,32,33). The molecule has 36 heavy (non-hydrogen) atoms. The number of β-lactam (4-membered cyclic amide) rings is 1. The fourth-order valence-corrected chi connectivity index (χ4v) is 4.90. The van der Waals surface area contributed by atoms with Crippen molar-refractivity contribution in [3.8, 4) is 5.75 Å². The molecule has 3 rings (SSSR count). The lowest BCUT2D eigenvalue weighted by Crippen LogP contribution is -2.74. The summed E-state index contributed by atoms with van der Waals surface area (Å²) in [6, 6.07) is 4.93. The topological polar surface area (TPSA) is 128 Å². The van der Waals surface area contributed by atoms with Crippen molar-refractivity contribution in [2.24, 2.45) is 5.41 Å². The van der Waals surface area contributed by atoms with E-state index in [1.807, 2.05) is 32.6 Å². The van der Waals surface area contributed by atoms with Gasteiger partial charge in [0.25, 0.3) is 5.91 Å². The monoisotopic (exact) mass is 502 g/mol. The number of carboxylic acids is 1. The highest BCUT2D eigenvalue weighted by atomic mass is 16.5. The first kappa shape index (κ1) is 27.4. The number of carbonyl (C=O) groups is 4.